The Labute approximate surface area is 128 Å². The molecule has 2 rings (SSSR count). The van der Waals surface area contributed by atoms with Crippen LogP contribution in [0.25, 0.3) is 0 Å². The van der Waals surface area contributed by atoms with E-state index in [9.17, 15) is 9.59 Å². The van der Waals surface area contributed by atoms with E-state index < -0.39 is 0 Å². The minimum Gasteiger partial charge on any atom is -0.348 e. The smallest absolute Gasteiger partial charge is 0.251 e. The Kier molecular flexibility index (Phi) is 4.95. The maximum atomic E-state index is 12.1. The molecule has 0 heterocycles. The van der Waals surface area contributed by atoms with Gasteiger partial charge in [0, 0.05) is 29.7 Å². The van der Waals surface area contributed by atoms with E-state index in [4.69, 9.17) is 11.6 Å². The third-order valence-corrected chi connectivity index (χ3v) is 3.06. The molecule has 0 aliphatic carbocycles. The molecule has 5 heteroatoms. The fourth-order valence-corrected chi connectivity index (χ4v) is 1.95. The van der Waals surface area contributed by atoms with Gasteiger partial charge in [-0.15, -0.1) is 0 Å². The average Bonchev–Trinajstić information content (AvgIpc) is 2.46. The van der Waals surface area contributed by atoms with Crippen molar-refractivity contribution in [1.29, 1.82) is 0 Å². The van der Waals surface area contributed by atoms with Gasteiger partial charge < -0.3 is 10.6 Å². The number of amides is 2. The Morgan fingerprint density at radius 2 is 1.81 bits per heavy atom. The first-order valence-electron chi connectivity index (χ1n) is 6.45. The molecule has 2 amide bonds. The molecule has 2 aromatic carbocycles. The maximum Gasteiger partial charge on any atom is 0.251 e. The van der Waals surface area contributed by atoms with Crippen LogP contribution in [0, 0.1) is 0 Å². The van der Waals surface area contributed by atoms with Gasteiger partial charge in [0.15, 0.2) is 0 Å². The summed E-state index contributed by atoms with van der Waals surface area (Å²) in [5, 5.41) is 6.13. The minimum absolute atomic E-state index is 0.172. The maximum absolute atomic E-state index is 12.1. The molecule has 0 atom stereocenters. The van der Waals surface area contributed by atoms with Gasteiger partial charge in [-0.25, -0.2) is 0 Å². The monoisotopic (exact) mass is 302 g/mol. The van der Waals surface area contributed by atoms with Gasteiger partial charge in [0.2, 0.25) is 5.91 Å². The first-order chi connectivity index (χ1) is 10.0. The van der Waals surface area contributed by atoms with E-state index in [1.54, 1.807) is 36.4 Å². The summed E-state index contributed by atoms with van der Waals surface area (Å²) in [6.07, 6.45) is 0. The second-order valence-corrected chi connectivity index (χ2v) is 5.01. The molecular formula is C16H15ClN2O2. The minimum atomic E-state index is -0.197. The second-order valence-electron chi connectivity index (χ2n) is 4.57. The highest BCUT2D eigenvalue weighted by Gasteiger charge is 2.06. The van der Waals surface area contributed by atoms with E-state index in [1.807, 2.05) is 12.1 Å². The molecule has 2 aromatic rings. The van der Waals surface area contributed by atoms with Gasteiger partial charge in [0.25, 0.3) is 5.91 Å². The number of benzene rings is 2. The molecule has 0 unspecified atom stereocenters. The lowest BCUT2D eigenvalue weighted by Gasteiger charge is -2.07. The molecular weight excluding hydrogens is 288 g/mol. The summed E-state index contributed by atoms with van der Waals surface area (Å²) >= 11 is 5.81. The highest BCUT2D eigenvalue weighted by atomic mass is 35.5. The second kappa shape index (κ2) is 6.90. The third-order valence-electron chi connectivity index (χ3n) is 2.81. The van der Waals surface area contributed by atoms with Crippen molar-refractivity contribution in [2.45, 2.75) is 13.5 Å². The molecule has 0 radical (unpaired) electrons. The average molecular weight is 303 g/mol. The number of carbonyl (C=O) groups excluding carboxylic acids is 2. The van der Waals surface area contributed by atoms with E-state index >= 15 is 0 Å². The van der Waals surface area contributed by atoms with E-state index in [1.165, 1.54) is 6.92 Å². The van der Waals surface area contributed by atoms with Crippen molar-refractivity contribution >= 4 is 29.1 Å². The molecule has 0 aromatic heterocycles. The number of halogens is 1. The van der Waals surface area contributed by atoms with Crippen LogP contribution in [0.2, 0.25) is 5.02 Å². The lowest BCUT2D eigenvalue weighted by atomic mass is 10.1. The molecule has 0 fully saturated rings. The number of anilines is 1. The van der Waals surface area contributed by atoms with E-state index in [0.717, 1.165) is 5.56 Å². The lowest BCUT2D eigenvalue weighted by Crippen LogP contribution is -2.22. The van der Waals surface area contributed by atoms with Crippen molar-refractivity contribution in [3.8, 4) is 0 Å². The van der Waals surface area contributed by atoms with Crippen molar-refractivity contribution in [1.82, 2.24) is 5.32 Å². The fraction of sp³-hybridized carbons (Fsp3) is 0.125. The van der Waals surface area contributed by atoms with E-state index in [-0.39, 0.29) is 11.8 Å². The third kappa shape index (κ3) is 4.61. The quantitative estimate of drug-likeness (QED) is 0.911. The molecule has 2 N–H and O–H groups in total. The zero-order chi connectivity index (χ0) is 15.2. The van der Waals surface area contributed by atoms with Gasteiger partial charge in [-0.3, -0.25) is 9.59 Å². The van der Waals surface area contributed by atoms with Crippen molar-refractivity contribution in [3.05, 3.63) is 64.7 Å². The van der Waals surface area contributed by atoms with Gasteiger partial charge in [0.05, 0.1) is 0 Å². The number of hydrogen-bond acceptors (Lipinski definition) is 2. The lowest BCUT2D eigenvalue weighted by molar-refractivity contribution is -0.114. The van der Waals surface area contributed by atoms with E-state index in [0.29, 0.717) is 22.8 Å². The molecule has 21 heavy (non-hydrogen) atoms. The number of hydrogen-bond donors (Lipinski definition) is 2. The topological polar surface area (TPSA) is 58.2 Å². The van der Waals surface area contributed by atoms with Crippen LogP contribution < -0.4 is 10.6 Å². The van der Waals surface area contributed by atoms with Gasteiger partial charge in [-0.1, -0.05) is 29.8 Å². The highest BCUT2D eigenvalue weighted by Crippen LogP contribution is 2.12. The zero-order valence-electron chi connectivity index (χ0n) is 11.5. The summed E-state index contributed by atoms with van der Waals surface area (Å²) in [7, 11) is 0. The molecule has 4 nitrogen and oxygen atoms in total. The van der Waals surface area contributed by atoms with Crippen molar-refractivity contribution in [2.75, 3.05) is 5.32 Å². The number of carbonyl (C=O) groups is 2. The summed E-state index contributed by atoms with van der Waals surface area (Å²) in [5.41, 5.74) is 2.06. The van der Waals surface area contributed by atoms with Gasteiger partial charge >= 0.3 is 0 Å². The predicted molar refractivity (Wildman–Crippen MR) is 83.4 cm³/mol. The standard InChI is InChI=1S/C16H15ClN2O2/c1-11(20)19-15-4-2-3-13(9-15)16(21)18-10-12-5-7-14(17)8-6-12/h2-9H,10H2,1H3,(H,18,21)(H,19,20). The summed E-state index contributed by atoms with van der Waals surface area (Å²) in [4.78, 5) is 23.1. The largest absolute Gasteiger partial charge is 0.348 e. The Morgan fingerprint density at radius 1 is 1.10 bits per heavy atom. The molecule has 108 valence electrons. The van der Waals surface area contributed by atoms with Crippen LogP contribution in [0.5, 0.6) is 0 Å². The van der Waals surface area contributed by atoms with Crippen LogP contribution in [0.15, 0.2) is 48.5 Å². The zero-order valence-corrected chi connectivity index (χ0v) is 12.3. The molecule has 0 bridgehead atoms. The van der Waals surface area contributed by atoms with Crippen molar-refractivity contribution in [3.63, 3.8) is 0 Å². The summed E-state index contributed by atoms with van der Waals surface area (Å²) in [6.45, 7) is 1.84. The van der Waals surface area contributed by atoms with Gasteiger partial charge in [-0.05, 0) is 35.9 Å². The predicted octanol–water partition coefficient (Wildman–Crippen LogP) is 3.23. The van der Waals surface area contributed by atoms with Crippen LogP contribution in [0.4, 0.5) is 5.69 Å². The molecule has 0 saturated carbocycles. The first kappa shape index (κ1) is 15.1. The molecule has 0 aliphatic heterocycles. The summed E-state index contributed by atoms with van der Waals surface area (Å²) in [6, 6.07) is 14.1. The Balaban J connectivity index is 1.99. The van der Waals surface area contributed by atoms with Crippen LogP contribution in [-0.2, 0) is 11.3 Å². The van der Waals surface area contributed by atoms with E-state index in [2.05, 4.69) is 10.6 Å². The first-order valence-corrected chi connectivity index (χ1v) is 6.83. The van der Waals surface area contributed by atoms with Crippen molar-refractivity contribution < 1.29 is 9.59 Å². The highest BCUT2D eigenvalue weighted by molar-refractivity contribution is 6.30. The van der Waals surface area contributed by atoms with Crippen LogP contribution in [0.1, 0.15) is 22.8 Å². The molecule has 0 aliphatic rings. The van der Waals surface area contributed by atoms with Gasteiger partial charge in [-0.2, -0.15) is 0 Å². The molecule has 0 saturated heterocycles. The fourth-order valence-electron chi connectivity index (χ4n) is 1.83. The molecule has 0 spiro atoms. The van der Waals surface area contributed by atoms with Crippen LogP contribution >= 0.6 is 11.6 Å². The number of nitrogens with one attached hydrogen (secondary N) is 2. The van der Waals surface area contributed by atoms with Crippen LogP contribution in [0.3, 0.4) is 0 Å². The van der Waals surface area contributed by atoms with Crippen molar-refractivity contribution in [2.24, 2.45) is 0 Å². The Bertz CT molecular complexity index is 654. The Hall–Kier alpha value is -2.33. The summed E-state index contributed by atoms with van der Waals surface area (Å²) < 4.78 is 0. The van der Waals surface area contributed by atoms with Gasteiger partial charge in [0.1, 0.15) is 0 Å². The SMILES string of the molecule is CC(=O)Nc1cccc(C(=O)NCc2ccc(Cl)cc2)c1. The normalized spacial score (nSPS) is 10.0. The Morgan fingerprint density at radius 3 is 2.48 bits per heavy atom. The van der Waals surface area contributed by atoms with Crippen LogP contribution in [-0.4, -0.2) is 11.8 Å². The summed E-state index contributed by atoms with van der Waals surface area (Å²) in [5.74, 6) is -0.370. The number of rotatable bonds is 4.